The zero-order chi connectivity index (χ0) is 23.8. The van der Waals surface area contributed by atoms with E-state index in [-0.39, 0.29) is 11.5 Å². The number of para-hydroxylation sites is 2. The molecule has 0 saturated heterocycles. The first-order valence-electron chi connectivity index (χ1n) is 10.6. The summed E-state index contributed by atoms with van der Waals surface area (Å²) in [4.78, 5) is 26.3. The molecule has 7 nitrogen and oxygen atoms in total. The van der Waals surface area contributed by atoms with Crippen LogP contribution >= 0.6 is 23.4 Å². The number of thioether (sulfide) groups is 1. The van der Waals surface area contributed by atoms with Crippen molar-refractivity contribution < 1.29 is 4.79 Å². The minimum Gasteiger partial charge on any atom is -0.325 e. The molecule has 0 spiro atoms. The van der Waals surface area contributed by atoms with E-state index >= 15 is 0 Å². The summed E-state index contributed by atoms with van der Waals surface area (Å²) in [6.07, 6.45) is 0. The highest BCUT2D eigenvalue weighted by Gasteiger charge is 2.22. The first kappa shape index (κ1) is 22.2. The van der Waals surface area contributed by atoms with Crippen LogP contribution in [-0.4, -0.2) is 30.3 Å². The Morgan fingerprint density at radius 2 is 1.71 bits per heavy atom. The Labute approximate surface area is 204 Å². The second kappa shape index (κ2) is 8.96. The summed E-state index contributed by atoms with van der Waals surface area (Å²) < 4.78 is 3.41. The number of anilines is 1. The van der Waals surface area contributed by atoms with Gasteiger partial charge in [-0.1, -0.05) is 53.7 Å². The quantitative estimate of drug-likeness (QED) is 0.347. The van der Waals surface area contributed by atoms with Crippen molar-refractivity contribution in [2.24, 2.45) is 0 Å². The zero-order valence-electron chi connectivity index (χ0n) is 18.4. The summed E-state index contributed by atoms with van der Waals surface area (Å²) in [6.45, 7) is 3.75. The number of fused-ring (bicyclic) bond motifs is 3. The number of hydrogen-bond donors (Lipinski definition) is 1. The highest BCUT2D eigenvalue weighted by molar-refractivity contribution is 8.00. The maximum absolute atomic E-state index is 13.5. The third kappa shape index (κ3) is 3.95. The van der Waals surface area contributed by atoms with Gasteiger partial charge in [0.15, 0.2) is 5.16 Å². The van der Waals surface area contributed by atoms with Gasteiger partial charge in [-0.25, -0.2) is 4.57 Å². The maximum Gasteiger partial charge on any atom is 0.267 e. The molecule has 34 heavy (non-hydrogen) atoms. The number of hydrogen-bond acceptors (Lipinski definition) is 5. The van der Waals surface area contributed by atoms with Gasteiger partial charge in [0.2, 0.25) is 11.7 Å². The molecule has 3 aromatic carbocycles. The van der Waals surface area contributed by atoms with Crippen molar-refractivity contribution in [1.29, 1.82) is 0 Å². The second-order valence-electron chi connectivity index (χ2n) is 7.82. The predicted molar refractivity (Wildman–Crippen MR) is 136 cm³/mol. The van der Waals surface area contributed by atoms with Crippen molar-refractivity contribution in [2.45, 2.75) is 24.3 Å². The van der Waals surface area contributed by atoms with Crippen LogP contribution in [0.15, 0.2) is 82.7 Å². The predicted octanol–water partition coefficient (Wildman–Crippen LogP) is 5.11. The first-order chi connectivity index (χ1) is 16.4. The minimum absolute atomic E-state index is 0.171. The number of rotatable bonds is 5. The number of amides is 1. The Hall–Kier alpha value is -3.62. The molecule has 170 valence electrons. The molecule has 5 rings (SSSR count). The number of nitrogens with zero attached hydrogens (tertiary/aromatic N) is 4. The van der Waals surface area contributed by atoms with Gasteiger partial charge in [0, 0.05) is 10.7 Å². The number of aromatic nitrogens is 4. The zero-order valence-corrected chi connectivity index (χ0v) is 20.0. The average Bonchev–Trinajstić information content (AvgIpc) is 3.25. The smallest absolute Gasteiger partial charge is 0.267 e. The molecule has 2 aromatic heterocycles. The van der Waals surface area contributed by atoms with E-state index in [0.29, 0.717) is 32.5 Å². The SMILES string of the molecule is Cc1ccccc1-n1c(=O)c2ccccc2n2c(SC(C)C(=O)Nc3ccc(Cl)cc3)nnc12. The van der Waals surface area contributed by atoms with E-state index in [0.717, 1.165) is 11.3 Å². The molecule has 1 atom stereocenters. The Bertz CT molecular complexity index is 1590. The van der Waals surface area contributed by atoms with Crippen LogP contribution in [0.25, 0.3) is 22.4 Å². The van der Waals surface area contributed by atoms with Crippen molar-refractivity contribution in [3.63, 3.8) is 0 Å². The lowest BCUT2D eigenvalue weighted by Gasteiger charge is -2.14. The number of benzene rings is 3. The van der Waals surface area contributed by atoms with Gasteiger partial charge < -0.3 is 5.32 Å². The number of aryl methyl sites for hydroxylation is 1. The largest absolute Gasteiger partial charge is 0.325 e. The molecule has 0 aliphatic carbocycles. The molecular weight excluding hydrogens is 470 g/mol. The minimum atomic E-state index is -0.472. The summed E-state index contributed by atoms with van der Waals surface area (Å²) in [6, 6.07) is 21.9. The Balaban J connectivity index is 1.59. The fourth-order valence-electron chi connectivity index (χ4n) is 3.78. The summed E-state index contributed by atoms with van der Waals surface area (Å²) in [5.74, 6) is 0.214. The van der Waals surface area contributed by atoms with Gasteiger partial charge in [0.25, 0.3) is 5.56 Å². The third-order valence-corrected chi connectivity index (χ3v) is 6.81. The van der Waals surface area contributed by atoms with Gasteiger partial charge in [-0.05, 0) is 61.9 Å². The highest BCUT2D eigenvalue weighted by atomic mass is 35.5. The van der Waals surface area contributed by atoms with Gasteiger partial charge in [-0.15, -0.1) is 10.2 Å². The van der Waals surface area contributed by atoms with E-state index in [9.17, 15) is 9.59 Å². The number of nitrogens with one attached hydrogen (secondary N) is 1. The highest BCUT2D eigenvalue weighted by Crippen LogP contribution is 2.27. The lowest BCUT2D eigenvalue weighted by Crippen LogP contribution is -2.24. The number of carbonyl (C=O) groups is 1. The molecule has 1 N–H and O–H groups in total. The van der Waals surface area contributed by atoms with Crippen LogP contribution in [0, 0.1) is 6.92 Å². The molecule has 5 aromatic rings. The van der Waals surface area contributed by atoms with Crippen LogP contribution in [-0.2, 0) is 4.79 Å². The van der Waals surface area contributed by atoms with Gasteiger partial charge in [0.05, 0.1) is 21.8 Å². The van der Waals surface area contributed by atoms with Crippen molar-refractivity contribution in [2.75, 3.05) is 5.32 Å². The topological polar surface area (TPSA) is 81.3 Å². The fourth-order valence-corrected chi connectivity index (χ4v) is 4.76. The monoisotopic (exact) mass is 489 g/mol. The number of carbonyl (C=O) groups excluding carboxylic acids is 1. The lowest BCUT2D eigenvalue weighted by molar-refractivity contribution is -0.115. The van der Waals surface area contributed by atoms with Crippen LogP contribution in [0.2, 0.25) is 5.02 Å². The van der Waals surface area contributed by atoms with Crippen molar-refractivity contribution in [3.8, 4) is 5.69 Å². The van der Waals surface area contributed by atoms with E-state index in [1.807, 2.05) is 53.8 Å². The molecule has 1 unspecified atom stereocenters. The van der Waals surface area contributed by atoms with Crippen molar-refractivity contribution in [1.82, 2.24) is 19.2 Å². The van der Waals surface area contributed by atoms with Crippen molar-refractivity contribution in [3.05, 3.63) is 93.7 Å². The molecule has 2 heterocycles. The average molecular weight is 490 g/mol. The maximum atomic E-state index is 13.5. The van der Waals surface area contributed by atoms with E-state index < -0.39 is 5.25 Å². The summed E-state index contributed by atoms with van der Waals surface area (Å²) in [7, 11) is 0. The van der Waals surface area contributed by atoms with Crippen molar-refractivity contribution >= 4 is 51.6 Å². The Kier molecular flexibility index (Phi) is 5.85. The van der Waals surface area contributed by atoms with E-state index in [1.165, 1.54) is 11.8 Å². The molecule has 0 aliphatic heterocycles. The van der Waals surface area contributed by atoms with E-state index in [1.54, 1.807) is 41.8 Å². The van der Waals surface area contributed by atoms with E-state index in [2.05, 4.69) is 15.5 Å². The van der Waals surface area contributed by atoms with Gasteiger partial charge >= 0.3 is 0 Å². The van der Waals surface area contributed by atoms with E-state index in [4.69, 9.17) is 11.6 Å². The van der Waals surface area contributed by atoms with Crippen LogP contribution in [0.5, 0.6) is 0 Å². The van der Waals surface area contributed by atoms with Crippen LogP contribution in [0.4, 0.5) is 5.69 Å². The van der Waals surface area contributed by atoms with Crippen LogP contribution in [0.1, 0.15) is 12.5 Å². The van der Waals surface area contributed by atoms with Crippen LogP contribution < -0.4 is 10.9 Å². The standard InChI is InChI=1S/C25H20ClN5O2S/c1-15-7-3-5-9-20(15)30-23(33)19-8-4-6-10-21(19)31-24(30)28-29-25(31)34-16(2)22(32)27-18-13-11-17(26)12-14-18/h3-14,16H,1-2H3,(H,27,32). The molecule has 0 bridgehead atoms. The normalized spacial score (nSPS) is 12.2. The number of halogens is 1. The third-order valence-electron chi connectivity index (χ3n) is 5.51. The summed E-state index contributed by atoms with van der Waals surface area (Å²) in [5, 5.41) is 12.8. The van der Waals surface area contributed by atoms with Gasteiger partial charge in [0.1, 0.15) is 0 Å². The van der Waals surface area contributed by atoms with Crippen LogP contribution in [0.3, 0.4) is 0 Å². The second-order valence-corrected chi connectivity index (χ2v) is 9.56. The molecule has 0 aliphatic rings. The Morgan fingerprint density at radius 3 is 2.47 bits per heavy atom. The molecule has 9 heteroatoms. The molecule has 0 fully saturated rings. The molecular formula is C25H20ClN5O2S. The summed E-state index contributed by atoms with van der Waals surface area (Å²) in [5.41, 5.74) is 2.85. The van der Waals surface area contributed by atoms with Gasteiger partial charge in [-0.2, -0.15) is 0 Å². The molecule has 1 amide bonds. The molecule has 0 radical (unpaired) electrons. The molecule has 0 saturated carbocycles. The Morgan fingerprint density at radius 1 is 1.00 bits per heavy atom. The lowest BCUT2D eigenvalue weighted by atomic mass is 10.2. The van der Waals surface area contributed by atoms with Gasteiger partial charge in [-0.3, -0.25) is 14.0 Å². The summed E-state index contributed by atoms with van der Waals surface area (Å²) >= 11 is 7.20. The first-order valence-corrected chi connectivity index (χ1v) is 11.9. The fraction of sp³-hybridized carbons (Fsp3) is 0.120.